The number of unbranched alkanes of at least 4 members (excludes halogenated alkanes) is 19. The van der Waals surface area contributed by atoms with E-state index in [1.54, 1.807) is 0 Å². The van der Waals surface area contributed by atoms with Gasteiger partial charge in [0.15, 0.2) is 0 Å². The monoisotopic (exact) mass is 854 g/mol. The van der Waals surface area contributed by atoms with E-state index in [2.05, 4.69) is 56.0 Å². The maximum absolute atomic E-state index is 12.8. The largest absolute Gasteiger partial charge is 0.493 e. The minimum absolute atomic E-state index is 0.0398. The van der Waals surface area contributed by atoms with Gasteiger partial charge in [-0.15, -0.1) is 0 Å². The van der Waals surface area contributed by atoms with E-state index in [-0.39, 0.29) is 18.0 Å². The molecule has 0 N–H and O–H groups in total. The van der Waals surface area contributed by atoms with Crippen LogP contribution in [0.5, 0.6) is 11.5 Å². The number of hydrogen-bond donors (Lipinski definition) is 0. The van der Waals surface area contributed by atoms with Crippen molar-refractivity contribution in [3.8, 4) is 11.5 Å². The van der Waals surface area contributed by atoms with Gasteiger partial charge < -0.3 is 23.8 Å². The summed E-state index contributed by atoms with van der Waals surface area (Å²) in [5, 5.41) is 0. The van der Waals surface area contributed by atoms with Crippen LogP contribution in [0.4, 0.5) is 0 Å². The highest BCUT2D eigenvalue weighted by Crippen LogP contribution is 2.28. The van der Waals surface area contributed by atoms with E-state index in [1.807, 2.05) is 33.2 Å². The van der Waals surface area contributed by atoms with E-state index in [4.69, 9.17) is 18.9 Å². The van der Waals surface area contributed by atoms with Crippen LogP contribution in [0.25, 0.3) is 0 Å². The van der Waals surface area contributed by atoms with Crippen LogP contribution in [0, 0.1) is 5.92 Å². The van der Waals surface area contributed by atoms with Gasteiger partial charge in [-0.05, 0) is 97.2 Å². The average Bonchev–Trinajstić information content (AvgIpc) is 3.23. The Morgan fingerprint density at radius 3 is 1.77 bits per heavy atom. The number of carbonyl (C=O) groups is 2. The van der Waals surface area contributed by atoms with Gasteiger partial charge in [0.2, 0.25) is 0 Å². The van der Waals surface area contributed by atoms with Gasteiger partial charge in [0.05, 0.1) is 25.9 Å². The molecule has 0 spiro atoms. The van der Waals surface area contributed by atoms with Crippen molar-refractivity contribution in [3.63, 3.8) is 0 Å². The molecule has 1 aromatic rings. The fourth-order valence-electron chi connectivity index (χ4n) is 7.62. The molecule has 0 aliphatic heterocycles. The van der Waals surface area contributed by atoms with Crippen molar-refractivity contribution in [2.24, 2.45) is 5.92 Å². The lowest BCUT2D eigenvalue weighted by molar-refractivity contribution is -0.145. The Hall–Kier alpha value is -2.80. The van der Waals surface area contributed by atoms with Gasteiger partial charge in [-0.3, -0.25) is 9.59 Å². The smallest absolute Gasteiger partial charge is 0.306 e. The first-order valence-corrected chi connectivity index (χ1v) is 25.5. The molecule has 352 valence electrons. The summed E-state index contributed by atoms with van der Waals surface area (Å²) in [6.07, 6.45) is 42.9. The van der Waals surface area contributed by atoms with Crippen LogP contribution < -0.4 is 9.47 Å². The maximum atomic E-state index is 12.8. The van der Waals surface area contributed by atoms with Gasteiger partial charge in [0, 0.05) is 37.4 Å². The lowest BCUT2D eigenvalue weighted by Crippen LogP contribution is -2.18. The van der Waals surface area contributed by atoms with Crippen molar-refractivity contribution >= 4 is 11.9 Å². The molecule has 0 aliphatic carbocycles. The normalized spacial score (nSPS) is 12.3. The molecule has 0 saturated carbocycles. The third kappa shape index (κ3) is 35.4. The molecule has 1 rings (SSSR count). The second-order valence-corrected chi connectivity index (χ2v) is 17.9. The summed E-state index contributed by atoms with van der Waals surface area (Å²) in [5.74, 6) is 1.84. The molecule has 0 amide bonds. The Balaban J connectivity index is 2.35. The molecule has 0 saturated heterocycles. The number of rotatable bonds is 43. The van der Waals surface area contributed by atoms with Gasteiger partial charge in [0.1, 0.15) is 11.5 Å². The Labute approximate surface area is 376 Å². The molecular weight excluding hydrogens is 759 g/mol. The summed E-state index contributed by atoms with van der Waals surface area (Å²) >= 11 is 0. The Morgan fingerprint density at radius 1 is 0.590 bits per heavy atom. The molecule has 0 heterocycles. The van der Waals surface area contributed by atoms with Crippen LogP contribution in [0.3, 0.4) is 0 Å². The Morgan fingerprint density at radius 2 is 1.13 bits per heavy atom. The summed E-state index contributed by atoms with van der Waals surface area (Å²) in [7, 11) is 4.09. The number of carbonyl (C=O) groups excluding carboxylic acids is 2. The molecular formula is C54H95NO6. The van der Waals surface area contributed by atoms with Crippen molar-refractivity contribution in [1.82, 2.24) is 4.90 Å². The second kappa shape index (κ2) is 41.2. The first-order valence-electron chi connectivity index (χ1n) is 25.5. The van der Waals surface area contributed by atoms with Crippen molar-refractivity contribution in [2.45, 2.75) is 233 Å². The number of allylic oxidation sites excluding steroid dienone is 4. The van der Waals surface area contributed by atoms with E-state index in [0.717, 1.165) is 81.4 Å². The fraction of sp³-hybridized carbons (Fsp3) is 0.778. The number of esters is 2. The average molecular weight is 854 g/mol. The molecule has 0 bridgehead atoms. The predicted octanol–water partition coefficient (Wildman–Crippen LogP) is 15.5. The Bertz CT molecular complexity index is 1210. The van der Waals surface area contributed by atoms with Gasteiger partial charge in [-0.2, -0.15) is 0 Å². The van der Waals surface area contributed by atoms with Crippen LogP contribution in [0.1, 0.15) is 226 Å². The van der Waals surface area contributed by atoms with Crippen LogP contribution in [-0.2, 0) is 25.6 Å². The standard InChI is InChI=1S/C54H95NO6/c1-7-10-13-16-19-20-21-22-23-24-25-26-27-30-33-38-53(56)60-44-41-48(4)61-52-46-51(40-39-50(52)47-55(5)6)58-42-34-35-43-59-54(57)45-49(36-31-28-17-14-11-8-2)37-32-29-18-15-12-9-3/h19-20,22-23,39-40,46,48-49H,7-18,21,24-38,41-45,47H2,1-6H3. The lowest BCUT2D eigenvalue weighted by atomic mass is 9.91. The fourth-order valence-corrected chi connectivity index (χ4v) is 7.62. The molecule has 7 nitrogen and oxygen atoms in total. The zero-order valence-corrected chi connectivity index (χ0v) is 40.6. The van der Waals surface area contributed by atoms with E-state index in [1.165, 1.54) is 116 Å². The number of benzene rings is 1. The topological polar surface area (TPSA) is 74.3 Å². The van der Waals surface area contributed by atoms with Crippen LogP contribution in [0.2, 0.25) is 0 Å². The molecule has 7 heteroatoms. The minimum atomic E-state index is -0.120. The van der Waals surface area contributed by atoms with E-state index in [9.17, 15) is 9.59 Å². The first kappa shape index (κ1) is 56.2. The predicted molar refractivity (Wildman–Crippen MR) is 259 cm³/mol. The highest BCUT2D eigenvalue weighted by molar-refractivity contribution is 5.69. The molecule has 0 radical (unpaired) electrons. The SMILES string of the molecule is CCCCCC=CCC=CCCCCCCCC(=O)OCCC(C)Oc1cc(OCCCCOC(=O)CC(CCCCCCCC)CCCCCCCC)ccc1CN(C)C. The second-order valence-electron chi connectivity index (χ2n) is 17.9. The summed E-state index contributed by atoms with van der Waals surface area (Å²) < 4.78 is 23.8. The molecule has 1 aromatic carbocycles. The van der Waals surface area contributed by atoms with Crippen LogP contribution in [-0.4, -0.2) is 56.9 Å². The van der Waals surface area contributed by atoms with Gasteiger partial charge >= 0.3 is 11.9 Å². The molecule has 0 aliphatic rings. The highest BCUT2D eigenvalue weighted by Gasteiger charge is 2.16. The van der Waals surface area contributed by atoms with E-state index in [0.29, 0.717) is 45.0 Å². The van der Waals surface area contributed by atoms with Gasteiger partial charge in [0.25, 0.3) is 0 Å². The van der Waals surface area contributed by atoms with Crippen LogP contribution >= 0.6 is 0 Å². The third-order valence-electron chi connectivity index (χ3n) is 11.4. The summed E-state index contributed by atoms with van der Waals surface area (Å²) in [6.45, 7) is 10.9. The van der Waals surface area contributed by atoms with E-state index < -0.39 is 0 Å². The quantitative estimate of drug-likeness (QED) is 0.0368. The zero-order valence-electron chi connectivity index (χ0n) is 40.6. The highest BCUT2D eigenvalue weighted by atomic mass is 16.5. The summed E-state index contributed by atoms with van der Waals surface area (Å²) in [6, 6.07) is 6.04. The lowest BCUT2D eigenvalue weighted by Gasteiger charge is -2.20. The Kier molecular flexibility index (Phi) is 38.0. The molecule has 1 atom stereocenters. The van der Waals surface area contributed by atoms with E-state index >= 15 is 0 Å². The first-order chi connectivity index (χ1) is 29.8. The van der Waals surface area contributed by atoms with Crippen molar-refractivity contribution < 1.29 is 28.5 Å². The number of nitrogens with zero attached hydrogens (tertiary/aromatic N) is 1. The molecule has 0 aromatic heterocycles. The van der Waals surface area contributed by atoms with Gasteiger partial charge in [-0.1, -0.05) is 160 Å². The third-order valence-corrected chi connectivity index (χ3v) is 11.4. The number of ether oxygens (including phenoxy) is 4. The molecule has 61 heavy (non-hydrogen) atoms. The van der Waals surface area contributed by atoms with Crippen molar-refractivity contribution in [2.75, 3.05) is 33.9 Å². The van der Waals surface area contributed by atoms with Crippen LogP contribution in [0.15, 0.2) is 42.5 Å². The zero-order chi connectivity index (χ0) is 44.4. The summed E-state index contributed by atoms with van der Waals surface area (Å²) in [4.78, 5) is 27.3. The number of hydrogen-bond acceptors (Lipinski definition) is 7. The minimum Gasteiger partial charge on any atom is -0.493 e. The van der Waals surface area contributed by atoms with Crippen molar-refractivity contribution in [3.05, 3.63) is 48.1 Å². The maximum Gasteiger partial charge on any atom is 0.306 e. The van der Waals surface area contributed by atoms with Crippen molar-refractivity contribution in [1.29, 1.82) is 0 Å². The molecule has 1 unspecified atom stereocenters. The van der Waals surface area contributed by atoms with Gasteiger partial charge in [-0.25, -0.2) is 0 Å². The summed E-state index contributed by atoms with van der Waals surface area (Å²) in [5.41, 5.74) is 1.08. The molecule has 0 fully saturated rings.